The van der Waals surface area contributed by atoms with Gasteiger partial charge in [0.25, 0.3) is 5.91 Å². The Morgan fingerprint density at radius 3 is 2.90 bits per heavy atom. The molecule has 0 aliphatic heterocycles. The summed E-state index contributed by atoms with van der Waals surface area (Å²) < 4.78 is 0. The molecule has 0 saturated heterocycles. The van der Waals surface area contributed by atoms with Crippen LogP contribution in [0, 0.1) is 12.8 Å². The Labute approximate surface area is 121 Å². The van der Waals surface area contributed by atoms with E-state index in [1.165, 1.54) is 17.5 Å². The van der Waals surface area contributed by atoms with Gasteiger partial charge in [0.1, 0.15) is 5.01 Å². The smallest absolute Gasteiger partial charge is 0.259 e. The van der Waals surface area contributed by atoms with Crippen molar-refractivity contribution in [3.8, 4) is 0 Å². The summed E-state index contributed by atoms with van der Waals surface area (Å²) in [6.07, 6.45) is 2.38. The molecule has 2 rings (SSSR count). The highest BCUT2D eigenvalue weighted by molar-refractivity contribution is 7.15. The molecule has 2 aromatic rings. The normalized spacial score (nSPS) is 10.8. The van der Waals surface area contributed by atoms with E-state index in [0.717, 1.165) is 11.4 Å². The third-order valence-electron chi connectivity index (χ3n) is 2.62. The van der Waals surface area contributed by atoms with Crippen LogP contribution in [0.4, 0.5) is 10.8 Å². The molecule has 0 saturated carbocycles. The van der Waals surface area contributed by atoms with Crippen LogP contribution in [0.1, 0.15) is 34.9 Å². The fraction of sp³-hybridized carbons (Fsp3) is 0.385. The summed E-state index contributed by atoms with van der Waals surface area (Å²) in [5.41, 5.74) is 7.18. The molecule has 106 valence electrons. The van der Waals surface area contributed by atoms with E-state index in [9.17, 15) is 4.79 Å². The van der Waals surface area contributed by atoms with Crippen molar-refractivity contribution in [2.75, 3.05) is 11.1 Å². The third-order valence-corrected chi connectivity index (χ3v) is 3.48. The predicted octanol–water partition coefficient (Wildman–Crippen LogP) is 2.27. The minimum Gasteiger partial charge on any atom is -0.397 e. The minimum absolute atomic E-state index is 0.269. The molecular formula is C13H17N5OS. The van der Waals surface area contributed by atoms with Crippen LogP contribution in [-0.4, -0.2) is 21.1 Å². The molecule has 2 aromatic heterocycles. The summed E-state index contributed by atoms with van der Waals surface area (Å²) in [5, 5.41) is 12.2. The molecule has 6 nitrogen and oxygen atoms in total. The lowest BCUT2D eigenvalue weighted by molar-refractivity contribution is 0.102. The molecule has 0 aromatic carbocycles. The van der Waals surface area contributed by atoms with Gasteiger partial charge < -0.3 is 5.73 Å². The number of amides is 1. The number of nitrogens with one attached hydrogen (secondary N) is 1. The average Bonchev–Trinajstić information content (AvgIpc) is 2.78. The van der Waals surface area contributed by atoms with Crippen LogP contribution in [0.5, 0.6) is 0 Å². The van der Waals surface area contributed by atoms with E-state index in [1.807, 2.05) is 0 Å². The van der Waals surface area contributed by atoms with Crippen molar-refractivity contribution in [3.05, 3.63) is 28.5 Å². The van der Waals surface area contributed by atoms with Crippen LogP contribution >= 0.6 is 11.3 Å². The Morgan fingerprint density at radius 2 is 2.20 bits per heavy atom. The number of aromatic nitrogens is 3. The third kappa shape index (κ3) is 3.51. The Bertz CT molecular complexity index is 623. The van der Waals surface area contributed by atoms with Crippen LogP contribution in [0.3, 0.4) is 0 Å². The Morgan fingerprint density at radius 1 is 1.45 bits per heavy atom. The number of rotatable bonds is 4. The maximum absolute atomic E-state index is 12.2. The fourth-order valence-corrected chi connectivity index (χ4v) is 2.63. The van der Waals surface area contributed by atoms with E-state index >= 15 is 0 Å². The van der Waals surface area contributed by atoms with Crippen LogP contribution in [0.2, 0.25) is 0 Å². The molecule has 0 aliphatic carbocycles. The first-order valence-electron chi connectivity index (χ1n) is 6.31. The maximum atomic E-state index is 12.2. The molecule has 3 N–H and O–H groups in total. The molecule has 0 fully saturated rings. The number of anilines is 2. The quantitative estimate of drug-likeness (QED) is 0.901. The summed E-state index contributed by atoms with van der Waals surface area (Å²) >= 11 is 1.39. The Balaban J connectivity index is 2.11. The van der Waals surface area contributed by atoms with Gasteiger partial charge in [0.15, 0.2) is 0 Å². The first-order chi connectivity index (χ1) is 9.45. The lowest BCUT2D eigenvalue weighted by Gasteiger charge is -2.05. The highest BCUT2D eigenvalue weighted by Crippen LogP contribution is 2.19. The van der Waals surface area contributed by atoms with Crippen molar-refractivity contribution in [3.63, 3.8) is 0 Å². The fourth-order valence-electron chi connectivity index (χ4n) is 1.68. The highest BCUT2D eigenvalue weighted by atomic mass is 32.1. The summed E-state index contributed by atoms with van der Waals surface area (Å²) in [6, 6.07) is 1.60. The number of hydrogen-bond acceptors (Lipinski definition) is 6. The van der Waals surface area contributed by atoms with Crippen molar-refractivity contribution in [2.45, 2.75) is 27.2 Å². The van der Waals surface area contributed by atoms with Crippen molar-refractivity contribution in [1.82, 2.24) is 15.2 Å². The first kappa shape index (κ1) is 14.4. The van der Waals surface area contributed by atoms with Gasteiger partial charge in [0, 0.05) is 6.42 Å². The number of nitrogens with two attached hydrogens (primary N) is 1. The van der Waals surface area contributed by atoms with Gasteiger partial charge in [-0.05, 0) is 18.9 Å². The molecule has 0 bridgehead atoms. The van der Waals surface area contributed by atoms with Crippen LogP contribution in [-0.2, 0) is 6.42 Å². The second-order valence-electron chi connectivity index (χ2n) is 4.95. The Kier molecular flexibility index (Phi) is 4.29. The van der Waals surface area contributed by atoms with Crippen molar-refractivity contribution in [1.29, 1.82) is 0 Å². The number of carbonyl (C=O) groups excluding carboxylic acids is 1. The Hall–Kier alpha value is -2.02. The second kappa shape index (κ2) is 5.96. The molecule has 0 aliphatic rings. The van der Waals surface area contributed by atoms with Gasteiger partial charge in [-0.1, -0.05) is 25.2 Å². The van der Waals surface area contributed by atoms with Crippen LogP contribution in [0.25, 0.3) is 0 Å². The van der Waals surface area contributed by atoms with Crippen molar-refractivity contribution in [2.24, 2.45) is 5.92 Å². The van der Waals surface area contributed by atoms with Gasteiger partial charge in [-0.15, -0.1) is 10.2 Å². The zero-order valence-electron chi connectivity index (χ0n) is 11.7. The van der Waals surface area contributed by atoms with Crippen LogP contribution < -0.4 is 11.1 Å². The molecule has 1 amide bonds. The molecule has 0 atom stereocenters. The van der Waals surface area contributed by atoms with Crippen molar-refractivity contribution >= 4 is 28.1 Å². The van der Waals surface area contributed by atoms with E-state index in [1.54, 1.807) is 13.0 Å². The standard InChI is InChI=1S/C13H17N5OS/c1-7(2)4-11-17-18-13(20-11)16-12(19)10-5-9(14)6-15-8(10)3/h5-7H,4,14H2,1-3H3,(H,16,18,19). The molecule has 2 heterocycles. The highest BCUT2D eigenvalue weighted by Gasteiger charge is 2.14. The van der Waals surface area contributed by atoms with Gasteiger partial charge in [-0.25, -0.2) is 0 Å². The number of carbonyl (C=O) groups is 1. The summed E-state index contributed by atoms with van der Waals surface area (Å²) in [6.45, 7) is 5.99. The predicted molar refractivity (Wildman–Crippen MR) is 79.8 cm³/mol. The van der Waals surface area contributed by atoms with E-state index in [0.29, 0.717) is 28.0 Å². The van der Waals surface area contributed by atoms with Gasteiger partial charge in [0.05, 0.1) is 23.1 Å². The van der Waals surface area contributed by atoms with Gasteiger partial charge in [-0.3, -0.25) is 15.1 Å². The number of nitrogens with zero attached hydrogens (tertiary/aromatic N) is 3. The first-order valence-corrected chi connectivity index (χ1v) is 7.13. The SMILES string of the molecule is Cc1ncc(N)cc1C(=O)Nc1nnc(CC(C)C)s1. The van der Waals surface area contributed by atoms with Crippen molar-refractivity contribution < 1.29 is 4.79 Å². The summed E-state index contributed by atoms with van der Waals surface area (Å²) in [5.74, 6) is 0.237. The van der Waals surface area contributed by atoms with E-state index < -0.39 is 0 Å². The summed E-state index contributed by atoms with van der Waals surface area (Å²) in [4.78, 5) is 16.2. The second-order valence-corrected chi connectivity index (χ2v) is 6.02. The monoisotopic (exact) mass is 291 g/mol. The number of hydrogen-bond donors (Lipinski definition) is 2. The van der Waals surface area contributed by atoms with Gasteiger partial charge in [-0.2, -0.15) is 0 Å². The molecule has 7 heteroatoms. The molecule has 0 spiro atoms. The lowest BCUT2D eigenvalue weighted by atomic mass is 10.1. The molecule has 0 unspecified atom stereocenters. The summed E-state index contributed by atoms with van der Waals surface area (Å²) in [7, 11) is 0. The topological polar surface area (TPSA) is 93.8 Å². The lowest BCUT2D eigenvalue weighted by Crippen LogP contribution is -2.14. The largest absolute Gasteiger partial charge is 0.397 e. The number of pyridine rings is 1. The zero-order chi connectivity index (χ0) is 14.7. The minimum atomic E-state index is -0.269. The maximum Gasteiger partial charge on any atom is 0.259 e. The van der Waals surface area contributed by atoms with E-state index in [4.69, 9.17) is 5.73 Å². The van der Waals surface area contributed by atoms with Gasteiger partial charge >= 0.3 is 0 Å². The van der Waals surface area contributed by atoms with E-state index in [-0.39, 0.29) is 5.91 Å². The number of aryl methyl sites for hydroxylation is 1. The zero-order valence-corrected chi connectivity index (χ0v) is 12.5. The molecular weight excluding hydrogens is 274 g/mol. The van der Waals surface area contributed by atoms with Crippen LogP contribution in [0.15, 0.2) is 12.3 Å². The van der Waals surface area contributed by atoms with E-state index in [2.05, 4.69) is 34.3 Å². The molecule has 0 radical (unpaired) electrons. The number of nitrogen functional groups attached to an aromatic ring is 1. The average molecular weight is 291 g/mol. The van der Waals surface area contributed by atoms with Gasteiger partial charge in [0.2, 0.25) is 5.13 Å². The molecule has 20 heavy (non-hydrogen) atoms.